The molecule has 2 unspecified atom stereocenters. The van der Waals surface area contributed by atoms with Crippen molar-refractivity contribution in [3.05, 3.63) is 18.2 Å². The van der Waals surface area contributed by atoms with Gasteiger partial charge in [0.1, 0.15) is 6.10 Å². The van der Waals surface area contributed by atoms with Crippen molar-refractivity contribution in [3.8, 4) is 0 Å². The predicted octanol–water partition coefficient (Wildman–Crippen LogP) is 2.28. The van der Waals surface area contributed by atoms with Gasteiger partial charge in [0.2, 0.25) is 0 Å². The number of hydrogen-bond donors (Lipinski definition) is 2. The minimum absolute atomic E-state index is 0.150. The number of H-pyrrole nitrogens is 1. The van der Waals surface area contributed by atoms with E-state index in [1.807, 2.05) is 41.5 Å². The Kier molecular flexibility index (Phi) is 4.97. The Morgan fingerprint density at radius 2 is 1.95 bits per heavy atom. The molecule has 1 aromatic rings. The summed E-state index contributed by atoms with van der Waals surface area (Å²) in [6.07, 6.45) is 3.51. The van der Waals surface area contributed by atoms with Crippen LogP contribution < -0.4 is 5.73 Å². The van der Waals surface area contributed by atoms with Crippen LogP contribution in [0, 0.1) is 10.8 Å². The van der Waals surface area contributed by atoms with E-state index in [2.05, 4.69) is 9.97 Å². The van der Waals surface area contributed by atoms with Crippen LogP contribution in [0.3, 0.4) is 0 Å². The Morgan fingerprint density at radius 1 is 1.35 bits per heavy atom. The number of hydrogen-bond acceptors (Lipinski definition) is 4. The number of esters is 1. The molecule has 0 radical (unpaired) electrons. The molecule has 0 aliphatic heterocycles. The summed E-state index contributed by atoms with van der Waals surface area (Å²) >= 11 is 0. The molecule has 2 atom stereocenters. The number of nitrogens with two attached hydrogens (primary N) is 1. The number of imidazole rings is 1. The number of carbonyl (C=O) groups is 1. The van der Waals surface area contributed by atoms with Gasteiger partial charge in [0.05, 0.1) is 11.7 Å². The highest BCUT2D eigenvalue weighted by molar-refractivity contribution is 5.75. The molecule has 0 saturated heterocycles. The summed E-state index contributed by atoms with van der Waals surface area (Å²) in [5.41, 5.74) is 6.52. The molecule has 114 valence electrons. The second-order valence-corrected chi connectivity index (χ2v) is 7.37. The Morgan fingerprint density at radius 3 is 2.35 bits per heavy atom. The van der Waals surface area contributed by atoms with Crippen molar-refractivity contribution in [2.75, 3.05) is 0 Å². The maximum atomic E-state index is 12.1. The zero-order valence-electron chi connectivity index (χ0n) is 13.4. The van der Waals surface area contributed by atoms with Gasteiger partial charge in [-0.1, -0.05) is 20.8 Å². The molecule has 1 aromatic heterocycles. The number of nitrogens with zero attached hydrogens (tertiary/aromatic N) is 1. The summed E-state index contributed by atoms with van der Waals surface area (Å²) in [5.74, 6) is -0.235. The van der Waals surface area contributed by atoms with E-state index in [0.717, 1.165) is 5.69 Å². The van der Waals surface area contributed by atoms with Crippen molar-refractivity contribution >= 4 is 5.97 Å². The molecule has 0 saturated carbocycles. The summed E-state index contributed by atoms with van der Waals surface area (Å²) < 4.78 is 5.66. The quantitative estimate of drug-likeness (QED) is 0.830. The van der Waals surface area contributed by atoms with E-state index in [-0.39, 0.29) is 23.5 Å². The normalized spacial score (nSPS) is 15.8. The van der Waals surface area contributed by atoms with E-state index in [0.29, 0.717) is 6.42 Å². The van der Waals surface area contributed by atoms with Crippen LogP contribution in [0.15, 0.2) is 12.5 Å². The Labute approximate surface area is 121 Å². The van der Waals surface area contributed by atoms with Crippen LogP contribution in [-0.4, -0.2) is 28.1 Å². The first-order valence-electron chi connectivity index (χ1n) is 6.95. The molecule has 1 rings (SSSR count). The van der Waals surface area contributed by atoms with Crippen molar-refractivity contribution in [2.45, 2.75) is 60.1 Å². The largest absolute Gasteiger partial charge is 0.460 e. The van der Waals surface area contributed by atoms with Crippen molar-refractivity contribution in [1.82, 2.24) is 9.97 Å². The van der Waals surface area contributed by atoms with Gasteiger partial charge < -0.3 is 15.5 Å². The third kappa shape index (κ3) is 4.63. The van der Waals surface area contributed by atoms with E-state index in [9.17, 15) is 4.79 Å². The zero-order chi connectivity index (χ0) is 15.6. The fourth-order valence-corrected chi connectivity index (χ4v) is 1.73. The van der Waals surface area contributed by atoms with Gasteiger partial charge in [-0.3, -0.25) is 4.79 Å². The van der Waals surface area contributed by atoms with Gasteiger partial charge in [0, 0.05) is 24.4 Å². The Bertz CT molecular complexity index is 427. The minimum Gasteiger partial charge on any atom is -0.460 e. The molecular formula is C15H27N3O2. The first kappa shape index (κ1) is 16.7. The third-order valence-electron chi connectivity index (χ3n) is 3.25. The predicted molar refractivity (Wildman–Crippen MR) is 79.1 cm³/mol. The molecule has 0 aromatic carbocycles. The Balaban J connectivity index is 2.87. The van der Waals surface area contributed by atoms with Crippen LogP contribution in [0.1, 0.15) is 47.2 Å². The summed E-state index contributed by atoms with van der Waals surface area (Å²) in [6.45, 7) is 11.6. The number of ether oxygens (including phenoxy) is 1. The number of aromatic amines is 1. The fourth-order valence-electron chi connectivity index (χ4n) is 1.73. The monoisotopic (exact) mass is 281 g/mol. The summed E-state index contributed by atoms with van der Waals surface area (Å²) in [4.78, 5) is 19.1. The van der Waals surface area contributed by atoms with Crippen molar-refractivity contribution in [3.63, 3.8) is 0 Å². The van der Waals surface area contributed by atoms with Crippen molar-refractivity contribution in [1.29, 1.82) is 0 Å². The molecule has 20 heavy (non-hydrogen) atoms. The van der Waals surface area contributed by atoms with Gasteiger partial charge in [-0.05, 0) is 26.2 Å². The number of rotatable bonds is 4. The highest BCUT2D eigenvalue weighted by atomic mass is 16.5. The SMILES string of the molecule is CC(C)(C)C(=O)OC(Cc1cnc[nH]1)C(N)C(C)(C)C. The summed E-state index contributed by atoms with van der Waals surface area (Å²) in [5, 5.41) is 0. The summed E-state index contributed by atoms with van der Waals surface area (Å²) in [7, 11) is 0. The topological polar surface area (TPSA) is 81.0 Å². The van der Waals surface area contributed by atoms with E-state index >= 15 is 0 Å². The highest BCUT2D eigenvalue weighted by Crippen LogP contribution is 2.25. The van der Waals surface area contributed by atoms with Gasteiger partial charge in [0.15, 0.2) is 0 Å². The maximum absolute atomic E-state index is 12.1. The lowest BCUT2D eigenvalue weighted by atomic mass is 9.82. The van der Waals surface area contributed by atoms with E-state index in [4.69, 9.17) is 10.5 Å². The minimum atomic E-state index is -0.538. The lowest BCUT2D eigenvalue weighted by molar-refractivity contribution is -0.161. The molecule has 3 N–H and O–H groups in total. The van der Waals surface area contributed by atoms with Crippen molar-refractivity contribution in [2.24, 2.45) is 16.6 Å². The van der Waals surface area contributed by atoms with Crippen molar-refractivity contribution < 1.29 is 9.53 Å². The second-order valence-electron chi connectivity index (χ2n) is 7.37. The molecule has 0 aliphatic rings. The summed E-state index contributed by atoms with van der Waals surface area (Å²) in [6, 6.07) is -0.253. The van der Waals surface area contributed by atoms with Crippen LogP contribution in [0.5, 0.6) is 0 Å². The molecule has 0 aliphatic carbocycles. The van der Waals surface area contributed by atoms with Gasteiger partial charge in [-0.25, -0.2) is 4.98 Å². The lowest BCUT2D eigenvalue weighted by Gasteiger charge is -2.35. The molecule has 0 spiro atoms. The van der Waals surface area contributed by atoms with Gasteiger partial charge >= 0.3 is 5.97 Å². The fraction of sp³-hybridized carbons (Fsp3) is 0.733. The third-order valence-corrected chi connectivity index (χ3v) is 3.25. The van der Waals surface area contributed by atoms with Crippen LogP contribution in [0.2, 0.25) is 0 Å². The number of carbonyl (C=O) groups excluding carboxylic acids is 1. The van der Waals surface area contributed by atoms with Crippen LogP contribution in [0.4, 0.5) is 0 Å². The van der Waals surface area contributed by atoms with Gasteiger partial charge in [-0.2, -0.15) is 0 Å². The van der Waals surface area contributed by atoms with Gasteiger partial charge in [0.25, 0.3) is 0 Å². The smallest absolute Gasteiger partial charge is 0.311 e. The second kappa shape index (κ2) is 5.95. The average molecular weight is 281 g/mol. The highest BCUT2D eigenvalue weighted by Gasteiger charge is 2.34. The van der Waals surface area contributed by atoms with Crippen LogP contribution >= 0.6 is 0 Å². The first-order chi connectivity index (χ1) is 9.01. The average Bonchev–Trinajstić information content (AvgIpc) is 2.77. The van der Waals surface area contributed by atoms with Crippen LogP contribution in [-0.2, 0) is 16.0 Å². The maximum Gasteiger partial charge on any atom is 0.311 e. The molecule has 0 bridgehead atoms. The van der Waals surface area contributed by atoms with E-state index in [1.54, 1.807) is 12.5 Å². The molecule has 0 amide bonds. The lowest BCUT2D eigenvalue weighted by Crippen LogP contribution is -2.49. The molecule has 5 heteroatoms. The standard InChI is InChI=1S/C15H27N3O2/c1-14(2,3)12(16)11(7-10-8-17-9-18-10)20-13(19)15(4,5)6/h8-9,11-12H,7,16H2,1-6H3,(H,17,18). The Hall–Kier alpha value is -1.36. The molecule has 0 fully saturated rings. The van der Waals surface area contributed by atoms with E-state index in [1.165, 1.54) is 0 Å². The number of aromatic nitrogens is 2. The number of nitrogens with one attached hydrogen (secondary N) is 1. The molecule has 5 nitrogen and oxygen atoms in total. The first-order valence-corrected chi connectivity index (χ1v) is 6.95. The van der Waals surface area contributed by atoms with Crippen LogP contribution in [0.25, 0.3) is 0 Å². The molecular weight excluding hydrogens is 254 g/mol. The zero-order valence-corrected chi connectivity index (χ0v) is 13.4. The van der Waals surface area contributed by atoms with E-state index < -0.39 is 5.41 Å². The van der Waals surface area contributed by atoms with Gasteiger partial charge in [-0.15, -0.1) is 0 Å². The molecule has 1 heterocycles.